The molecule has 6 heteroatoms. The Morgan fingerprint density at radius 2 is 2.03 bits per heavy atom. The predicted molar refractivity (Wildman–Crippen MR) is 112 cm³/mol. The second kappa shape index (κ2) is 7.20. The molecule has 0 radical (unpaired) electrons. The van der Waals surface area contributed by atoms with Crippen LogP contribution in [0.2, 0.25) is 0 Å². The van der Waals surface area contributed by atoms with E-state index in [2.05, 4.69) is 40.0 Å². The summed E-state index contributed by atoms with van der Waals surface area (Å²) in [6, 6.07) is 16.0. The van der Waals surface area contributed by atoms with Crippen molar-refractivity contribution in [3.63, 3.8) is 0 Å². The average molecular weight is 385 g/mol. The zero-order valence-electron chi connectivity index (χ0n) is 16.3. The van der Waals surface area contributed by atoms with Crippen molar-refractivity contribution in [2.24, 2.45) is 5.92 Å². The lowest BCUT2D eigenvalue weighted by Crippen LogP contribution is -2.34. The first-order chi connectivity index (χ1) is 14.2. The van der Waals surface area contributed by atoms with Crippen molar-refractivity contribution in [1.29, 1.82) is 0 Å². The zero-order chi connectivity index (χ0) is 19.8. The largest absolute Gasteiger partial charge is 0.346 e. The lowest BCUT2D eigenvalue weighted by molar-refractivity contribution is 0.0742. The monoisotopic (exact) mass is 385 g/mol. The Balaban J connectivity index is 1.33. The van der Waals surface area contributed by atoms with E-state index in [1.807, 2.05) is 47.5 Å². The molecular weight excluding hydrogens is 362 g/mol. The molecule has 29 heavy (non-hydrogen) atoms. The van der Waals surface area contributed by atoms with Gasteiger partial charge in [-0.05, 0) is 49.6 Å². The fourth-order valence-corrected chi connectivity index (χ4v) is 4.37. The van der Waals surface area contributed by atoms with Gasteiger partial charge in [-0.2, -0.15) is 5.10 Å². The van der Waals surface area contributed by atoms with Gasteiger partial charge in [0.2, 0.25) is 0 Å². The number of amides is 1. The number of pyridine rings is 1. The number of hydrogen-bond acceptors (Lipinski definition) is 3. The van der Waals surface area contributed by atoms with E-state index in [0.717, 1.165) is 47.4 Å². The number of H-pyrrole nitrogens is 1. The highest BCUT2D eigenvalue weighted by atomic mass is 16.2. The van der Waals surface area contributed by atoms with Crippen LogP contribution in [0.4, 0.5) is 0 Å². The Morgan fingerprint density at radius 1 is 1.17 bits per heavy atom. The van der Waals surface area contributed by atoms with Crippen LogP contribution in [0.3, 0.4) is 0 Å². The molecule has 1 saturated heterocycles. The van der Waals surface area contributed by atoms with Gasteiger partial charge in [-0.25, -0.2) is 4.98 Å². The molecule has 3 aromatic heterocycles. The van der Waals surface area contributed by atoms with Crippen molar-refractivity contribution in [2.45, 2.75) is 25.9 Å². The van der Waals surface area contributed by atoms with E-state index in [0.29, 0.717) is 5.92 Å². The molecule has 0 spiro atoms. The molecule has 0 unspecified atom stereocenters. The Hall–Kier alpha value is -3.41. The molecule has 1 fully saturated rings. The fraction of sp³-hybridized carbons (Fsp3) is 0.261. The molecule has 1 aromatic carbocycles. The van der Waals surface area contributed by atoms with Gasteiger partial charge < -0.3 is 9.47 Å². The molecule has 0 aliphatic carbocycles. The zero-order valence-corrected chi connectivity index (χ0v) is 16.3. The molecule has 146 valence electrons. The van der Waals surface area contributed by atoms with Gasteiger partial charge in [0, 0.05) is 42.7 Å². The second-order valence-electron chi connectivity index (χ2n) is 7.83. The van der Waals surface area contributed by atoms with E-state index in [1.54, 1.807) is 6.20 Å². The van der Waals surface area contributed by atoms with Crippen molar-refractivity contribution < 1.29 is 4.79 Å². The smallest absolute Gasteiger partial charge is 0.254 e. The number of carbonyl (C=O) groups is 1. The van der Waals surface area contributed by atoms with Gasteiger partial charge in [-0.3, -0.25) is 9.89 Å². The van der Waals surface area contributed by atoms with Gasteiger partial charge in [0.1, 0.15) is 0 Å². The predicted octanol–water partition coefficient (Wildman–Crippen LogP) is 3.98. The summed E-state index contributed by atoms with van der Waals surface area (Å²) in [6.45, 7) is 3.82. The molecule has 4 aromatic rings. The van der Waals surface area contributed by atoms with Crippen LogP contribution in [0.25, 0.3) is 22.3 Å². The highest BCUT2D eigenvalue weighted by molar-refractivity contribution is 5.94. The van der Waals surface area contributed by atoms with Crippen molar-refractivity contribution in [3.8, 4) is 11.3 Å². The SMILES string of the molecule is C[C@H]1C[C@H](Cn2ccc3nc(-c4cn[nH]c4)ccc32)CN1C(=O)c1ccccc1. The number of likely N-dealkylation sites (tertiary alicyclic amines) is 1. The molecule has 0 saturated carbocycles. The number of fused-ring (bicyclic) bond motifs is 1. The maximum absolute atomic E-state index is 12.9. The Labute approximate surface area is 169 Å². The summed E-state index contributed by atoms with van der Waals surface area (Å²) in [7, 11) is 0. The first-order valence-corrected chi connectivity index (χ1v) is 10.00. The van der Waals surface area contributed by atoms with Gasteiger partial charge >= 0.3 is 0 Å². The number of aromatic amines is 1. The summed E-state index contributed by atoms with van der Waals surface area (Å²) in [6.07, 6.45) is 6.74. The minimum absolute atomic E-state index is 0.129. The second-order valence-corrected chi connectivity index (χ2v) is 7.83. The Kier molecular flexibility index (Phi) is 4.39. The highest BCUT2D eigenvalue weighted by Crippen LogP contribution is 2.28. The van der Waals surface area contributed by atoms with Crippen molar-refractivity contribution in [1.82, 2.24) is 24.6 Å². The number of aromatic nitrogens is 4. The van der Waals surface area contributed by atoms with Crippen molar-refractivity contribution >= 4 is 16.9 Å². The molecule has 1 aliphatic heterocycles. The first kappa shape index (κ1) is 17.7. The first-order valence-electron chi connectivity index (χ1n) is 10.00. The third kappa shape index (κ3) is 3.31. The number of rotatable bonds is 4. The summed E-state index contributed by atoms with van der Waals surface area (Å²) >= 11 is 0. The Bertz CT molecular complexity index is 1130. The molecule has 6 nitrogen and oxygen atoms in total. The summed E-state index contributed by atoms with van der Waals surface area (Å²) < 4.78 is 2.26. The van der Waals surface area contributed by atoms with E-state index in [-0.39, 0.29) is 11.9 Å². The van der Waals surface area contributed by atoms with E-state index in [1.165, 1.54) is 0 Å². The van der Waals surface area contributed by atoms with E-state index >= 15 is 0 Å². The molecule has 5 rings (SSSR count). The number of nitrogens with zero attached hydrogens (tertiary/aromatic N) is 4. The highest BCUT2D eigenvalue weighted by Gasteiger charge is 2.33. The van der Waals surface area contributed by atoms with Gasteiger partial charge in [0.15, 0.2) is 0 Å². The molecule has 2 atom stereocenters. The maximum Gasteiger partial charge on any atom is 0.254 e. The molecule has 4 heterocycles. The summed E-state index contributed by atoms with van der Waals surface area (Å²) in [5, 5.41) is 6.83. The van der Waals surface area contributed by atoms with Crippen LogP contribution in [-0.2, 0) is 6.54 Å². The average Bonchev–Trinajstić information content (AvgIpc) is 3.49. The van der Waals surface area contributed by atoms with Gasteiger partial charge in [0.05, 0.1) is 22.9 Å². The summed E-state index contributed by atoms with van der Waals surface area (Å²) in [4.78, 5) is 19.6. The van der Waals surface area contributed by atoms with Crippen LogP contribution in [0, 0.1) is 5.92 Å². The van der Waals surface area contributed by atoms with E-state index < -0.39 is 0 Å². The van der Waals surface area contributed by atoms with Gasteiger partial charge in [-0.1, -0.05) is 18.2 Å². The van der Waals surface area contributed by atoms with Crippen LogP contribution in [0.5, 0.6) is 0 Å². The third-order valence-corrected chi connectivity index (χ3v) is 5.82. The molecule has 1 N–H and O–H groups in total. The topological polar surface area (TPSA) is 66.8 Å². The lowest BCUT2D eigenvalue weighted by atomic mass is 10.1. The number of hydrogen-bond donors (Lipinski definition) is 1. The van der Waals surface area contributed by atoms with E-state index in [9.17, 15) is 4.79 Å². The van der Waals surface area contributed by atoms with Gasteiger partial charge in [-0.15, -0.1) is 0 Å². The third-order valence-electron chi connectivity index (χ3n) is 5.82. The maximum atomic E-state index is 12.9. The van der Waals surface area contributed by atoms with Crippen LogP contribution < -0.4 is 0 Å². The lowest BCUT2D eigenvalue weighted by Gasteiger charge is -2.21. The van der Waals surface area contributed by atoms with Crippen LogP contribution >= 0.6 is 0 Å². The van der Waals surface area contributed by atoms with Crippen molar-refractivity contribution in [2.75, 3.05) is 6.54 Å². The van der Waals surface area contributed by atoms with E-state index in [4.69, 9.17) is 4.98 Å². The van der Waals surface area contributed by atoms with Gasteiger partial charge in [0.25, 0.3) is 5.91 Å². The number of benzene rings is 1. The molecular formula is C23H23N5O. The van der Waals surface area contributed by atoms with Crippen molar-refractivity contribution in [3.05, 3.63) is 72.7 Å². The molecule has 1 aliphatic rings. The standard InChI is InChI=1S/C23H23N5O/c1-16-11-17(15-28(16)23(29)18-5-3-2-4-6-18)14-27-10-9-21-22(27)8-7-20(26-21)19-12-24-25-13-19/h2-10,12-13,16-17H,11,14-15H2,1H3,(H,24,25)/t16-,17+/m0/s1. The fourth-order valence-electron chi connectivity index (χ4n) is 4.37. The summed E-state index contributed by atoms with van der Waals surface area (Å²) in [5.74, 6) is 0.561. The van der Waals surface area contributed by atoms with Crippen LogP contribution in [0.1, 0.15) is 23.7 Å². The molecule has 0 bridgehead atoms. The number of carbonyl (C=O) groups excluding carboxylic acids is 1. The minimum atomic E-state index is 0.129. The minimum Gasteiger partial charge on any atom is -0.346 e. The van der Waals surface area contributed by atoms with Crippen LogP contribution in [0.15, 0.2) is 67.1 Å². The Morgan fingerprint density at radius 3 is 2.83 bits per heavy atom. The summed E-state index contributed by atoms with van der Waals surface area (Å²) in [5.41, 5.74) is 4.77. The van der Waals surface area contributed by atoms with Crippen LogP contribution in [-0.4, -0.2) is 43.1 Å². The normalized spacial score (nSPS) is 19.1. The molecule has 1 amide bonds. The number of nitrogens with one attached hydrogen (secondary N) is 1. The quantitative estimate of drug-likeness (QED) is 0.578.